The van der Waals surface area contributed by atoms with E-state index in [1.54, 1.807) is 4.90 Å². The van der Waals surface area contributed by atoms with Crippen molar-refractivity contribution in [2.45, 2.75) is 25.9 Å². The van der Waals surface area contributed by atoms with Crippen LogP contribution in [-0.4, -0.2) is 46.4 Å². The summed E-state index contributed by atoms with van der Waals surface area (Å²) in [6, 6.07) is 0. The second kappa shape index (κ2) is 4.83. The van der Waals surface area contributed by atoms with Crippen LogP contribution in [0.5, 0.6) is 0 Å². The molecule has 1 amide bonds. The highest BCUT2D eigenvalue weighted by molar-refractivity contribution is 7.91. The molecule has 15 heavy (non-hydrogen) atoms. The van der Waals surface area contributed by atoms with Gasteiger partial charge in [0.1, 0.15) is 6.10 Å². The minimum Gasteiger partial charge on any atom is -0.445 e. The van der Waals surface area contributed by atoms with Gasteiger partial charge in [-0.25, -0.2) is 4.79 Å². The Morgan fingerprint density at radius 1 is 1.60 bits per heavy atom. The summed E-state index contributed by atoms with van der Waals surface area (Å²) in [5.41, 5.74) is 0. The molecule has 1 unspecified atom stereocenters. The van der Waals surface area contributed by atoms with Crippen molar-refractivity contribution in [1.29, 1.82) is 4.78 Å². The van der Waals surface area contributed by atoms with E-state index in [1.165, 1.54) is 6.26 Å². The fourth-order valence-corrected chi connectivity index (χ4v) is 2.29. The van der Waals surface area contributed by atoms with Gasteiger partial charge in [-0.2, -0.15) is 0 Å². The molecule has 5 nitrogen and oxygen atoms in total. The van der Waals surface area contributed by atoms with Gasteiger partial charge in [0.05, 0.1) is 6.54 Å². The van der Waals surface area contributed by atoms with Gasteiger partial charge >= 0.3 is 6.09 Å². The van der Waals surface area contributed by atoms with Crippen LogP contribution in [0.15, 0.2) is 0 Å². The van der Waals surface area contributed by atoms with E-state index < -0.39 is 9.73 Å². The van der Waals surface area contributed by atoms with Crippen LogP contribution in [0.1, 0.15) is 19.8 Å². The quantitative estimate of drug-likeness (QED) is 0.728. The maximum Gasteiger partial charge on any atom is 0.410 e. The van der Waals surface area contributed by atoms with Crippen LogP contribution < -0.4 is 0 Å². The summed E-state index contributed by atoms with van der Waals surface area (Å²) in [7, 11) is -2.38. The molecule has 1 heterocycles. The van der Waals surface area contributed by atoms with Gasteiger partial charge in [0.25, 0.3) is 0 Å². The van der Waals surface area contributed by atoms with Crippen LogP contribution in [0, 0.1) is 4.78 Å². The zero-order chi connectivity index (χ0) is 11.5. The molecule has 0 aliphatic carbocycles. The average Bonchev–Trinajstić information content (AvgIpc) is 2.37. The van der Waals surface area contributed by atoms with Crippen molar-refractivity contribution < 1.29 is 13.7 Å². The van der Waals surface area contributed by atoms with Crippen molar-refractivity contribution in [2.75, 3.05) is 25.1 Å². The van der Waals surface area contributed by atoms with E-state index >= 15 is 0 Å². The summed E-state index contributed by atoms with van der Waals surface area (Å²) in [5, 5.41) is 0. The number of nitrogens with one attached hydrogen (secondary N) is 1. The van der Waals surface area contributed by atoms with Crippen molar-refractivity contribution in [2.24, 2.45) is 0 Å². The third kappa shape index (κ3) is 4.51. The maximum absolute atomic E-state index is 11.2. The molecule has 1 saturated heterocycles. The van der Waals surface area contributed by atoms with Gasteiger partial charge in [0, 0.05) is 28.3 Å². The van der Waals surface area contributed by atoms with Crippen LogP contribution in [0.2, 0.25) is 0 Å². The largest absolute Gasteiger partial charge is 0.445 e. The summed E-state index contributed by atoms with van der Waals surface area (Å²) >= 11 is 0. The third-order valence-corrected chi connectivity index (χ3v) is 3.32. The lowest BCUT2D eigenvalue weighted by molar-refractivity contribution is 0.138. The molecule has 0 aromatic heterocycles. The number of ether oxygens (including phenoxy) is 1. The van der Waals surface area contributed by atoms with Gasteiger partial charge < -0.3 is 9.64 Å². The van der Waals surface area contributed by atoms with E-state index in [2.05, 4.69) is 0 Å². The van der Waals surface area contributed by atoms with Crippen LogP contribution in [0.4, 0.5) is 4.79 Å². The monoisotopic (exact) mass is 234 g/mol. The Balaban J connectivity index is 2.18. The number of carbonyl (C=O) groups excluding carboxylic acids is 1. The molecule has 1 aliphatic rings. The van der Waals surface area contributed by atoms with Crippen molar-refractivity contribution in [3.8, 4) is 0 Å². The van der Waals surface area contributed by atoms with Crippen molar-refractivity contribution >= 4 is 15.8 Å². The predicted octanol–water partition coefficient (Wildman–Crippen LogP) is 1.28. The molecule has 88 valence electrons. The average molecular weight is 234 g/mol. The first-order valence-electron chi connectivity index (χ1n) is 5.05. The Kier molecular flexibility index (Phi) is 3.96. The summed E-state index contributed by atoms with van der Waals surface area (Å²) in [6.45, 7) is 3.14. The lowest BCUT2D eigenvalue weighted by atomic mass is 10.3. The fourth-order valence-electron chi connectivity index (χ4n) is 1.53. The molecule has 1 aliphatic heterocycles. The summed E-state index contributed by atoms with van der Waals surface area (Å²) in [5.74, 6) is 0.408. The molecule has 0 radical (unpaired) electrons. The van der Waals surface area contributed by atoms with E-state index in [0.29, 0.717) is 18.8 Å². The number of cyclic esters (lactones) is 1. The molecule has 1 fully saturated rings. The standard InChI is InChI=1S/C9H18N2O3S/c1-8-7-11(9(12)14-8)5-3-4-6-15(2,10)13/h8,10H,3-7H2,1-2H3/t8-,15?/m0/s1. The highest BCUT2D eigenvalue weighted by atomic mass is 32.2. The number of nitrogens with zero attached hydrogens (tertiary/aromatic N) is 1. The zero-order valence-electron chi connectivity index (χ0n) is 9.19. The summed E-state index contributed by atoms with van der Waals surface area (Å²) in [4.78, 5) is 12.8. The predicted molar refractivity (Wildman–Crippen MR) is 58.4 cm³/mol. The Labute approximate surface area is 90.8 Å². The number of unbranched alkanes of at least 4 members (excludes halogenated alkanes) is 1. The molecule has 0 aromatic rings. The van der Waals surface area contributed by atoms with Crippen LogP contribution in [0.3, 0.4) is 0 Å². The maximum atomic E-state index is 11.2. The Morgan fingerprint density at radius 2 is 2.27 bits per heavy atom. The zero-order valence-corrected chi connectivity index (χ0v) is 10.0. The molecule has 6 heteroatoms. The topological polar surface area (TPSA) is 70.5 Å². The minimum atomic E-state index is -2.38. The summed E-state index contributed by atoms with van der Waals surface area (Å²) in [6.07, 6.45) is 2.66. The second-order valence-electron chi connectivity index (χ2n) is 4.06. The first-order chi connectivity index (χ1) is 6.88. The molecule has 2 atom stereocenters. The van der Waals surface area contributed by atoms with Gasteiger partial charge in [-0.05, 0) is 19.8 Å². The third-order valence-electron chi connectivity index (χ3n) is 2.25. The number of carbonyl (C=O) groups is 1. The molecule has 0 aromatic carbocycles. The second-order valence-corrected chi connectivity index (χ2v) is 6.47. The fraction of sp³-hybridized carbons (Fsp3) is 0.889. The molecule has 0 saturated carbocycles. The smallest absolute Gasteiger partial charge is 0.410 e. The normalized spacial score (nSPS) is 25.1. The first kappa shape index (κ1) is 12.3. The van der Waals surface area contributed by atoms with E-state index in [4.69, 9.17) is 9.52 Å². The molecular weight excluding hydrogens is 216 g/mol. The van der Waals surface area contributed by atoms with Gasteiger partial charge in [-0.15, -0.1) is 0 Å². The molecule has 0 spiro atoms. The van der Waals surface area contributed by atoms with Crippen LogP contribution in [-0.2, 0) is 14.5 Å². The van der Waals surface area contributed by atoms with E-state index in [0.717, 1.165) is 12.8 Å². The van der Waals surface area contributed by atoms with Crippen molar-refractivity contribution in [3.05, 3.63) is 0 Å². The van der Waals surface area contributed by atoms with Crippen molar-refractivity contribution in [1.82, 2.24) is 4.90 Å². The SMILES string of the molecule is C[C@H]1CN(CCCCS(C)(=N)=O)C(=O)O1. The van der Waals surface area contributed by atoms with Crippen molar-refractivity contribution in [3.63, 3.8) is 0 Å². The van der Waals surface area contributed by atoms with Crippen LogP contribution >= 0.6 is 0 Å². The molecular formula is C9H18N2O3S. The molecule has 0 bridgehead atoms. The van der Waals surface area contributed by atoms with E-state index in [1.807, 2.05) is 6.92 Å². The van der Waals surface area contributed by atoms with Gasteiger partial charge in [-0.1, -0.05) is 0 Å². The number of amides is 1. The van der Waals surface area contributed by atoms with E-state index in [-0.39, 0.29) is 12.2 Å². The molecule has 1 N–H and O–H groups in total. The van der Waals surface area contributed by atoms with E-state index in [9.17, 15) is 9.00 Å². The van der Waals surface area contributed by atoms with Gasteiger partial charge in [-0.3, -0.25) is 8.99 Å². The van der Waals surface area contributed by atoms with Gasteiger partial charge in [0.2, 0.25) is 0 Å². The first-order valence-corrected chi connectivity index (χ1v) is 7.19. The summed E-state index contributed by atoms with van der Waals surface area (Å²) < 4.78 is 23.2. The highest BCUT2D eigenvalue weighted by Crippen LogP contribution is 2.11. The van der Waals surface area contributed by atoms with Gasteiger partial charge in [0.15, 0.2) is 0 Å². The lowest BCUT2D eigenvalue weighted by Crippen LogP contribution is -2.26. The number of hydrogen-bond acceptors (Lipinski definition) is 4. The number of hydrogen-bond donors (Lipinski definition) is 1. The van der Waals surface area contributed by atoms with Crippen LogP contribution in [0.25, 0.3) is 0 Å². The Bertz CT molecular complexity index is 326. The Hall–Kier alpha value is -0.780. The molecule has 1 rings (SSSR count). The Morgan fingerprint density at radius 3 is 2.73 bits per heavy atom. The highest BCUT2D eigenvalue weighted by Gasteiger charge is 2.27. The minimum absolute atomic E-state index is 0.0240. The number of rotatable bonds is 5. The lowest BCUT2D eigenvalue weighted by Gasteiger charge is -2.11.